The summed E-state index contributed by atoms with van der Waals surface area (Å²) in [5.41, 5.74) is 0.974. The Morgan fingerprint density at radius 3 is 2.73 bits per heavy atom. The van der Waals surface area contributed by atoms with Gasteiger partial charge < -0.3 is 10.1 Å². The lowest BCUT2D eigenvalue weighted by atomic mass is 10.2. The molecule has 0 aliphatic heterocycles. The Morgan fingerprint density at radius 1 is 1.32 bits per heavy atom. The summed E-state index contributed by atoms with van der Waals surface area (Å²) < 4.78 is 41.9. The number of para-hydroxylation sites is 1. The van der Waals surface area contributed by atoms with Crippen LogP contribution in [0, 0.1) is 12.3 Å². The molecule has 0 fully saturated rings. The second-order valence-corrected chi connectivity index (χ2v) is 4.98. The normalized spacial score (nSPS) is 11.5. The number of ether oxygens (including phenoxy) is 1. The predicted molar refractivity (Wildman–Crippen MR) is 80.6 cm³/mol. The van der Waals surface area contributed by atoms with Crippen molar-refractivity contribution in [2.24, 2.45) is 0 Å². The highest BCUT2D eigenvalue weighted by atomic mass is 19.4. The zero-order valence-corrected chi connectivity index (χ0v) is 12.6. The molecular formula is C16H21F3N2O. The van der Waals surface area contributed by atoms with Gasteiger partial charge in [-0.05, 0) is 32.6 Å². The van der Waals surface area contributed by atoms with E-state index in [9.17, 15) is 13.2 Å². The zero-order chi connectivity index (χ0) is 16.4. The van der Waals surface area contributed by atoms with Gasteiger partial charge in [0.15, 0.2) is 0 Å². The summed E-state index contributed by atoms with van der Waals surface area (Å²) in [7, 11) is 1.47. The summed E-state index contributed by atoms with van der Waals surface area (Å²) in [6, 6.07) is 7.53. The molecule has 0 radical (unpaired) electrons. The minimum absolute atomic E-state index is 0.208. The molecule has 0 saturated carbocycles. The van der Waals surface area contributed by atoms with Crippen LogP contribution >= 0.6 is 0 Å². The van der Waals surface area contributed by atoms with Crippen LogP contribution in [-0.2, 0) is 6.54 Å². The number of hydrogen-bond acceptors (Lipinski definition) is 3. The van der Waals surface area contributed by atoms with Gasteiger partial charge in [-0.3, -0.25) is 4.90 Å². The van der Waals surface area contributed by atoms with Gasteiger partial charge in [-0.1, -0.05) is 24.1 Å². The van der Waals surface area contributed by atoms with E-state index in [1.807, 2.05) is 24.3 Å². The van der Waals surface area contributed by atoms with Crippen LogP contribution < -0.4 is 10.1 Å². The summed E-state index contributed by atoms with van der Waals surface area (Å²) in [4.78, 5) is 1.27. The molecule has 1 rings (SSSR count). The first-order valence-electron chi connectivity index (χ1n) is 7.02. The van der Waals surface area contributed by atoms with Gasteiger partial charge in [0.1, 0.15) is 12.4 Å². The van der Waals surface area contributed by atoms with Gasteiger partial charge in [-0.15, -0.1) is 6.42 Å². The van der Waals surface area contributed by atoms with E-state index in [1.54, 1.807) is 0 Å². The Hall–Kier alpha value is -1.71. The quantitative estimate of drug-likeness (QED) is 0.560. The van der Waals surface area contributed by atoms with Crippen LogP contribution in [-0.4, -0.2) is 44.4 Å². The molecule has 0 aliphatic rings. The van der Waals surface area contributed by atoms with Gasteiger partial charge in [0.25, 0.3) is 0 Å². The van der Waals surface area contributed by atoms with Crippen LogP contribution in [0.25, 0.3) is 0 Å². The standard InChI is InChI=1S/C16H21F3N2O/c1-3-11-22-15-8-5-4-7-14(15)12-20-9-6-10-21(2)13-16(17,18)19/h1,4-5,7-8,20H,6,9-13H2,2H3. The molecule has 6 heteroatoms. The maximum absolute atomic E-state index is 12.2. The second kappa shape index (κ2) is 9.34. The number of benzene rings is 1. The molecule has 1 aromatic rings. The van der Waals surface area contributed by atoms with Crippen molar-refractivity contribution in [1.29, 1.82) is 0 Å². The summed E-state index contributed by atoms with van der Waals surface area (Å²) in [5, 5.41) is 3.20. The zero-order valence-electron chi connectivity index (χ0n) is 12.6. The maximum Gasteiger partial charge on any atom is 0.401 e. The highest BCUT2D eigenvalue weighted by Gasteiger charge is 2.28. The fourth-order valence-corrected chi connectivity index (χ4v) is 1.99. The minimum atomic E-state index is -4.14. The van der Waals surface area contributed by atoms with E-state index < -0.39 is 12.7 Å². The number of alkyl halides is 3. The van der Waals surface area contributed by atoms with Gasteiger partial charge in [-0.25, -0.2) is 0 Å². The molecule has 1 aromatic carbocycles. The van der Waals surface area contributed by atoms with E-state index in [0.29, 0.717) is 26.1 Å². The van der Waals surface area contributed by atoms with Gasteiger partial charge in [0, 0.05) is 12.1 Å². The first-order valence-corrected chi connectivity index (χ1v) is 7.02. The average molecular weight is 314 g/mol. The van der Waals surface area contributed by atoms with Gasteiger partial charge in [0.2, 0.25) is 0 Å². The summed E-state index contributed by atoms with van der Waals surface area (Å²) in [6.07, 6.45) is 1.66. The van der Waals surface area contributed by atoms with Gasteiger partial charge in [0.05, 0.1) is 6.54 Å². The van der Waals surface area contributed by atoms with E-state index in [2.05, 4.69) is 11.2 Å². The fraction of sp³-hybridized carbons (Fsp3) is 0.500. The second-order valence-electron chi connectivity index (χ2n) is 4.98. The lowest BCUT2D eigenvalue weighted by Gasteiger charge is -2.18. The third-order valence-electron chi connectivity index (χ3n) is 2.94. The van der Waals surface area contributed by atoms with Crippen molar-refractivity contribution in [2.45, 2.75) is 19.1 Å². The summed E-state index contributed by atoms with van der Waals surface area (Å²) >= 11 is 0. The van der Waals surface area contributed by atoms with Crippen LogP contribution in [0.4, 0.5) is 13.2 Å². The molecule has 0 unspecified atom stereocenters. The molecule has 22 heavy (non-hydrogen) atoms. The van der Waals surface area contributed by atoms with Crippen molar-refractivity contribution < 1.29 is 17.9 Å². The van der Waals surface area contributed by atoms with E-state index >= 15 is 0 Å². The van der Waals surface area contributed by atoms with Crippen molar-refractivity contribution in [3.05, 3.63) is 29.8 Å². The number of halogens is 3. The first-order chi connectivity index (χ1) is 10.4. The molecule has 3 nitrogen and oxygen atoms in total. The lowest BCUT2D eigenvalue weighted by molar-refractivity contribution is -0.143. The number of nitrogens with zero attached hydrogens (tertiary/aromatic N) is 1. The Bertz CT molecular complexity index is 483. The van der Waals surface area contributed by atoms with Crippen molar-refractivity contribution in [3.8, 4) is 18.1 Å². The molecule has 0 amide bonds. The number of nitrogens with one attached hydrogen (secondary N) is 1. The van der Waals surface area contributed by atoms with Crippen LogP contribution in [0.5, 0.6) is 5.75 Å². The lowest BCUT2D eigenvalue weighted by Crippen LogP contribution is -2.32. The molecule has 122 valence electrons. The highest BCUT2D eigenvalue weighted by Crippen LogP contribution is 2.17. The number of rotatable bonds is 9. The Kier molecular flexibility index (Phi) is 7.78. The average Bonchev–Trinajstić information content (AvgIpc) is 2.44. The summed E-state index contributed by atoms with van der Waals surface area (Å²) in [6.45, 7) is 0.937. The Morgan fingerprint density at radius 2 is 2.05 bits per heavy atom. The van der Waals surface area contributed by atoms with E-state index in [1.165, 1.54) is 11.9 Å². The number of terminal acetylenes is 1. The Balaban J connectivity index is 2.26. The molecule has 0 heterocycles. The van der Waals surface area contributed by atoms with E-state index in [-0.39, 0.29) is 6.61 Å². The van der Waals surface area contributed by atoms with Crippen LogP contribution in [0.1, 0.15) is 12.0 Å². The van der Waals surface area contributed by atoms with Crippen molar-refractivity contribution >= 4 is 0 Å². The first kappa shape index (κ1) is 18.3. The van der Waals surface area contributed by atoms with Crippen molar-refractivity contribution in [2.75, 3.05) is 33.3 Å². The SMILES string of the molecule is C#CCOc1ccccc1CNCCCN(C)CC(F)(F)F. The monoisotopic (exact) mass is 314 g/mol. The number of hydrogen-bond donors (Lipinski definition) is 1. The molecule has 0 aromatic heterocycles. The fourth-order valence-electron chi connectivity index (χ4n) is 1.99. The van der Waals surface area contributed by atoms with Crippen molar-refractivity contribution in [1.82, 2.24) is 10.2 Å². The maximum atomic E-state index is 12.2. The summed E-state index contributed by atoms with van der Waals surface area (Å²) in [5.74, 6) is 3.14. The predicted octanol–water partition coefficient (Wildman–Crippen LogP) is 2.67. The molecule has 0 aliphatic carbocycles. The molecular weight excluding hydrogens is 293 g/mol. The van der Waals surface area contributed by atoms with E-state index in [0.717, 1.165) is 11.3 Å². The van der Waals surface area contributed by atoms with Crippen LogP contribution in [0.2, 0.25) is 0 Å². The third-order valence-corrected chi connectivity index (χ3v) is 2.94. The smallest absolute Gasteiger partial charge is 0.401 e. The van der Waals surface area contributed by atoms with Gasteiger partial charge >= 0.3 is 6.18 Å². The van der Waals surface area contributed by atoms with Crippen molar-refractivity contribution in [3.63, 3.8) is 0 Å². The van der Waals surface area contributed by atoms with Crippen LogP contribution in [0.15, 0.2) is 24.3 Å². The van der Waals surface area contributed by atoms with E-state index in [4.69, 9.17) is 11.2 Å². The topological polar surface area (TPSA) is 24.5 Å². The molecule has 0 spiro atoms. The van der Waals surface area contributed by atoms with Crippen LogP contribution in [0.3, 0.4) is 0 Å². The highest BCUT2D eigenvalue weighted by molar-refractivity contribution is 5.33. The molecule has 0 saturated heterocycles. The molecule has 0 bridgehead atoms. The minimum Gasteiger partial charge on any atom is -0.481 e. The largest absolute Gasteiger partial charge is 0.481 e. The third kappa shape index (κ3) is 7.91. The molecule has 1 N–H and O–H groups in total. The Labute approximate surface area is 129 Å². The van der Waals surface area contributed by atoms with Gasteiger partial charge in [-0.2, -0.15) is 13.2 Å². The molecule has 0 atom stereocenters.